The summed E-state index contributed by atoms with van der Waals surface area (Å²) in [6, 6.07) is 16.9. The number of nitrogens with two attached hydrogens (primary N) is 1. The Morgan fingerprint density at radius 2 is 1.80 bits per heavy atom. The maximum atomic E-state index is 6.16. The van der Waals surface area contributed by atoms with E-state index in [1.165, 1.54) is 16.0 Å². The van der Waals surface area contributed by atoms with Gasteiger partial charge in [0, 0.05) is 21.7 Å². The van der Waals surface area contributed by atoms with Crippen LogP contribution in [0.2, 0.25) is 5.02 Å². The third kappa shape index (κ3) is 4.55. The largest absolute Gasteiger partial charge is 0.327 e. The second kappa shape index (κ2) is 7.72. The molecule has 0 aliphatic carbocycles. The monoisotopic (exact) mass is 305 g/mol. The van der Waals surface area contributed by atoms with E-state index in [0.29, 0.717) is 0 Å². The molecule has 2 aromatic carbocycles. The highest BCUT2D eigenvalue weighted by molar-refractivity contribution is 7.98. The molecule has 0 heterocycles. The topological polar surface area (TPSA) is 26.0 Å². The van der Waals surface area contributed by atoms with E-state index in [4.69, 9.17) is 17.3 Å². The maximum Gasteiger partial charge on any atom is 0.0446 e. The van der Waals surface area contributed by atoms with Crippen molar-refractivity contribution in [2.24, 2.45) is 5.73 Å². The van der Waals surface area contributed by atoms with E-state index in [1.54, 1.807) is 11.8 Å². The van der Waals surface area contributed by atoms with Crippen molar-refractivity contribution >= 4 is 23.4 Å². The fourth-order valence-corrected chi connectivity index (χ4v) is 3.13. The van der Waals surface area contributed by atoms with Crippen LogP contribution >= 0.6 is 23.4 Å². The Kier molecular flexibility index (Phi) is 5.96. The van der Waals surface area contributed by atoms with Gasteiger partial charge in [0.05, 0.1) is 0 Å². The predicted molar refractivity (Wildman–Crippen MR) is 89.4 cm³/mol. The molecule has 0 radical (unpaired) electrons. The van der Waals surface area contributed by atoms with Crippen molar-refractivity contribution in [2.45, 2.75) is 36.5 Å². The number of halogens is 1. The molecule has 1 unspecified atom stereocenters. The van der Waals surface area contributed by atoms with Gasteiger partial charge in [-0.05, 0) is 42.2 Å². The Morgan fingerprint density at radius 3 is 2.45 bits per heavy atom. The van der Waals surface area contributed by atoms with Gasteiger partial charge in [-0.2, -0.15) is 0 Å². The van der Waals surface area contributed by atoms with Crippen LogP contribution in [0.1, 0.15) is 24.5 Å². The van der Waals surface area contributed by atoms with Crippen LogP contribution in [0, 0.1) is 0 Å². The lowest BCUT2D eigenvalue weighted by Crippen LogP contribution is -2.21. The van der Waals surface area contributed by atoms with Crippen LogP contribution in [0.5, 0.6) is 0 Å². The molecule has 0 spiro atoms. The van der Waals surface area contributed by atoms with Crippen LogP contribution in [-0.4, -0.2) is 6.04 Å². The molecule has 0 aromatic heterocycles. The van der Waals surface area contributed by atoms with E-state index < -0.39 is 0 Å². The standard InChI is InChI=1S/C17H20ClNS/c1-2-15(19)11-13-7-9-16(10-8-13)20-12-14-5-3-4-6-17(14)18/h3-10,15H,2,11-12,19H2,1H3. The minimum atomic E-state index is 0.261. The summed E-state index contributed by atoms with van der Waals surface area (Å²) in [7, 11) is 0. The van der Waals surface area contributed by atoms with Crippen molar-refractivity contribution in [3.8, 4) is 0 Å². The SMILES string of the molecule is CCC(N)Cc1ccc(SCc2ccccc2Cl)cc1. The summed E-state index contributed by atoms with van der Waals surface area (Å²) >= 11 is 7.97. The van der Waals surface area contributed by atoms with Crippen molar-refractivity contribution < 1.29 is 0 Å². The number of rotatable bonds is 6. The van der Waals surface area contributed by atoms with Gasteiger partial charge >= 0.3 is 0 Å². The molecule has 0 saturated heterocycles. The normalized spacial score (nSPS) is 12.3. The lowest BCUT2D eigenvalue weighted by atomic mass is 10.1. The zero-order valence-electron chi connectivity index (χ0n) is 11.7. The van der Waals surface area contributed by atoms with E-state index >= 15 is 0 Å². The molecular formula is C17H20ClNS. The van der Waals surface area contributed by atoms with E-state index in [1.807, 2.05) is 18.2 Å². The molecule has 2 aromatic rings. The van der Waals surface area contributed by atoms with Crippen LogP contribution in [0.15, 0.2) is 53.4 Å². The van der Waals surface area contributed by atoms with Gasteiger partial charge in [-0.1, -0.05) is 48.9 Å². The average molecular weight is 306 g/mol. The zero-order chi connectivity index (χ0) is 14.4. The maximum absolute atomic E-state index is 6.16. The quantitative estimate of drug-likeness (QED) is 0.767. The fourth-order valence-electron chi connectivity index (χ4n) is 1.95. The van der Waals surface area contributed by atoms with Crippen LogP contribution in [0.3, 0.4) is 0 Å². The van der Waals surface area contributed by atoms with Crippen LogP contribution in [0.25, 0.3) is 0 Å². The molecule has 106 valence electrons. The molecule has 2 N–H and O–H groups in total. The number of thioether (sulfide) groups is 1. The fraction of sp³-hybridized carbons (Fsp3) is 0.294. The molecule has 0 aliphatic rings. The van der Waals surface area contributed by atoms with Crippen LogP contribution in [0.4, 0.5) is 0 Å². The van der Waals surface area contributed by atoms with Crippen molar-refractivity contribution in [3.63, 3.8) is 0 Å². The van der Waals surface area contributed by atoms with Crippen molar-refractivity contribution in [3.05, 3.63) is 64.7 Å². The highest BCUT2D eigenvalue weighted by atomic mass is 35.5. The van der Waals surface area contributed by atoms with Gasteiger partial charge < -0.3 is 5.73 Å². The van der Waals surface area contributed by atoms with Gasteiger partial charge in [-0.15, -0.1) is 11.8 Å². The van der Waals surface area contributed by atoms with Crippen molar-refractivity contribution in [1.82, 2.24) is 0 Å². The Morgan fingerprint density at radius 1 is 1.10 bits per heavy atom. The number of hydrogen-bond acceptors (Lipinski definition) is 2. The van der Waals surface area contributed by atoms with Gasteiger partial charge in [0.15, 0.2) is 0 Å². The first-order chi connectivity index (χ1) is 9.69. The molecular weight excluding hydrogens is 286 g/mol. The number of benzene rings is 2. The smallest absolute Gasteiger partial charge is 0.0446 e. The molecule has 0 aliphatic heterocycles. The first-order valence-corrected chi connectivity index (χ1v) is 8.26. The Balaban J connectivity index is 1.92. The van der Waals surface area contributed by atoms with E-state index in [2.05, 4.69) is 37.3 Å². The summed E-state index contributed by atoms with van der Waals surface area (Å²) in [5.74, 6) is 0.896. The molecule has 0 fully saturated rings. The predicted octanol–water partition coefficient (Wildman–Crippen LogP) is 4.91. The molecule has 0 bridgehead atoms. The Hall–Kier alpha value is -0.960. The summed E-state index contributed by atoms with van der Waals surface area (Å²) in [5.41, 5.74) is 8.46. The molecule has 0 amide bonds. The minimum absolute atomic E-state index is 0.261. The van der Waals surface area contributed by atoms with Crippen LogP contribution < -0.4 is 5.73 Å². The van der Waals surface area contributed by atoms with Crippen molar-refractivity contribution in [2.75, 3.05) is 0 Å². The molecule has 20 heavy (non-hydrogen) atoms. The lowest BCUT2D eigenvalue weighted by molar-refractivity contribution is 0.646. The summed E-state index contributed by atoms with van der Waals surface area (Å²) in [6.07, 6.45) is 1.97. The minimum Gasteiger partial charge on any atom is -0.327 e. The average Bonchev–Trinajstić information content (AvgIpc) is 2.48. The van der Waals surface area contributed by atoms with Gasteiger partial charge in [0.25, 0.3) is 0 Å². The van der Waals surface area contributed by atoms with E-state index in [0.717, 1.165) is 23.6 Å². The third-order valence-electron chi connectivity index (χ3n) is 3.30. The highest BCUT2D eigenvalue weighted by Gasteiger charge is 2.03. The summed E-state index contributed by atoms with van der Waals surface area (Å²) in [5, 5.41) is 0.838. The molecule has 1 nitrogen and oxygen atoms in total. The summed E-state index contributed by atoms with van der Waals surface area (Å²) in [4.78, 5) is 1.26. The third-order valence-corrected chi connectivity index (χ3v) is 4.73. The van der Waals surface area contributed by atoms with Gasteiger partial charge in [0.1, 0.15) is 0 Å². The first kappa shape index (κ1) is 15.4. The summed E-state index contributed by atoms with van der Waals surface area (Å²) < 4.78 is 0. The molecule has 1 atom stereocenters. The van der Waals surface area contributed by atoms with E-state index in [9.17, 15) is 0 Å². The molecule has 3 heteroatoms. The van der Waals surface area contributed by atoms with Crippen LogP contribution in [-0.2, 0) is 12.2 Å². The van der Waals surface area contributed by atoms with Gasteiger partial charge in [-0.25, -0.2) is 0 Å². The van der Waals surface area contributed by atoms with Gasteiger partial charge in [-0.3, -0.25) is 0 Å². The Bertz CT molecular complexity index is 539. The zero-order valence-corrected chi connectivity index (χ0v) is 13.3. The highest BCUT2D eigenvalue weighted by Crippen LogP contribution is 2.26. The van der Waals surface area contributed by atoms with E-state index in [-0.39, 0.29) is 6.04 Å². The molecule has 2 rings (SSSR count). The second-order valence-electron chi connectivity index (χ2n) is 4.90. The number of hydrogen-bond donors (Lipinski definition) is 1. The van der Waals surface area contributed by atoms with Gasteiger partial charge in [0.2, 0.25) is 0 Å². The summed E-state index contributed by atoms with van der Waals surface area (Å²) in [6.45, 7) is 2.12. The van der Waals surface area contributed by atoms with Crippen molar-refractivity contribution in [1.29, 1.82) is 0 Å². The Labute approximate surface area is 130 Å². The molecule has 0 saturated carbocycles. The lowest BCUT2D eigenvalue weighted by Gasteiger charge is -2.09. The first-order valence-electron chi connectivity index (χ1n) is 6.89. The second-order valence-corrected chi connectivity index (χ2v) is 6.35.